The van der Waals surface area contributed by atoms with Crippen molar-refractivity contribution in [1.82, 2.24) is 24.8 Å². The molecule has 192 valence electrons. The summed E-state index contributed by atoms with van der Waals surface area (Å²) in [6, 6.07) is 12.5. The van der Waals surface area contributed by atoms with E-state index < -0.39 is 17.6 Å². The normalized spacial score (nSPS) is 15.6. The number of hydrogen-bond acceptors (Lipinski definition) is 5. The number of amides is 1. The first-order valence-electron chi connectivity index (χ1n) is 11.7. The van der Waals surface area contributed by atoms with Crippen LogP contribution >= 0.6 is 11.6 Å². The Kier molecular flexibility index (Phi) is 7.14. The molecule has 1 unspecified atom stereocenters. The number of ether oxygens (including phenoxy) is 1. The van der Waals surface area contributed by atoms with Crippen molar-refractivity contribution in [3.05, 3.63) is 88.8 Å². The highest BCUT2D eigenvalue weighted by Crippen LogP contribution is 2.38. The molecule has 37 heavy (non-hydrogen) atoms. The van der Waals surface area contributed by atoms with Crippen molar-refractivity contribution in [2.75, 3.05) is 32.8 Å². The number of nitrogens with one attached hydrogen (secondary N) is 1. The number of hydrogen-bond donors (Lipinski definition) is 1. The van der Waals surface area contributed by atoms with Crippen LogP contribution < -0.4 is 5.32 Å². The Balaban J connectivity index is 1.51. The summed E-state index contributed by atoms with van der Waals surface area (Å²) in [5, 5.41) is 3.26. The van der Waals surface area contributed by atoms with Gasteiger partial charge in [-0.1, -0.05) is 29.8 Å². The summed E-state index contributed by atoms with van der Waals surface area (Å²) in [7, 11) is 0. The second-order valence-corrected chi connectivity index (χ2v) is 9.02. The molecule has 11 heteroatoms. The first-order chi connectivity index (χ1) is 17.8. The summed E-state index contributed by atoms with van der Waals surface area (Å²) < 4.78 is 48.8. The number of halogens is 4. The van der Waals surface area contributed by atoms with Gasteiger partial charge in [0.15, 0.2) is 0 Å². The summed E-state index contributed by atoms with van der Waals surface area (Å²) in [5.74, 6) is -0.457. The average Bonchev–Trinajstić information content (AvgIpc) is 3.30. The highest BCUT2D eigenvalue weighted by molar-refractivity contribution is 6.30. The predicted octanol–water partition coefficient (Wildman–Crippen LogP) is 4.90. The summed E-state index contributed by atoms with van der Waals surface area (Å²) >= 11 is 6.06. The van der Waals surface area contributed by atoms with Crippen molar-refractivity contribution in [2.24, 2.45) is 0 Å². The van der Waals surface area contributed by atoms with Crippen LogP contribution in [0.5, 0.6) is 0 Å². The van der Waals surface area contributed by atoms with Crippen LogP contribution in [0, 0.1) is 0 Å². The lowest BCUT2D eigenvalue weighted by Gasteiger charge is -2.35. The number of aromatic nitrogens is 3. The number of carbonyl (C=O) groups is 1. The minimum absolute atomic E-state index is 0.104. The quantitative estimate of drug-likeness (QED) is 0.385. The van der Waals surface area contributed by atoms with Gasteiger partial charge in [0.2, 0.25) is 5.95 Å². The van der Waals surface area contributed by atoms with Gasteiger partial charge in [-0.15, -0.1) is 0 Å². The van der Waals surface area contributed by atoms with E-state index in [9.17, 15) is 18.0 Å². The number of alkyl halides is 3. The van der Waals surface area contributed by atoms with Gasteiger partial charge in [0.05, 0.1) is 35.9 Å². The Labute approximate surface area is 215 Å². The second-order valence-electron chi connectivity index (χ2n) is 8.58. The van der Waals surface area contributed by atoms with Crippen LogP contribution in [0.1, 0.15) is 27.5 Å². The van der Waals surface area contributed by atoms with Crippen LogP contribution in [0.4, 0.5) is 13.2 Å². The van der Waals surface area contributed by atoms with Crippen molar-refractivity contribution in [3.8, 4) is 5.95 Å². The highest BCUT2D eigenvalue weighted by atomic mass is 35.5. The molecule has 0 saturated carbocycles. The van der Waals surface area contributed by atoms with Gasteiger partial charge in [-0.05, 0) is 35.9 Å². The van der Waals surface area contributed by atoms with Gasteiger partial charge in [0.1, 0.15) is 0 Å². The van der Waals surface area contributed by atoms with Gasteiger partial charge in [-0.25, -0.2) is 9.97 Å². The zero-order valence-electron chi connectivity index (χ0n) is 19.6. The third-order valence-corrected chi connectivity index (χ3v) is 6.60. The first-order valence-corrected chi connectivity index (χ1v) is 12.0. The van der Waals surface area contributed by atoms with Gasteiger partial charge in [0, 0.05) is 48.6 Å². The zero-order chi connectivity index (χ0) is 26.0. The molecule has 0 aliphatic carbocycles. The molecule has 1 aliphatic heterocycles. The molecule has 5 rings (SSSR count). The van der Waals surface area contributed by atoms with Gasteiger partial charge in [-0.2, -0.15) is 13.2 Å². The van der Waals surface area contributed by atoms with Crippen LogP contribution in [0.3, 0.4) is 0 Å². The van der Waals surface area contributed by atoms with E-state index in [1.165, 1.54) is 35.3 Å². The number of benzene rings is 2. The Hall–Kier alpha value is -3.47. The van der Waals surface area contributed by atoms with Crippen LogP contribution in [0.2, 0.25) is 5.02 Å². The summed E-state index contributed by atoms with van der Waals surface area (Å²) in [6.07, 6.45) is -0.324. The topological polar surface area (TPSA) is 72.3 Å². The van der Waals surface area contributed by atoms with Gasteiger partial charge < -0.3 is 10.1 Å². The fraction of sp³-hybridized carbons (Fsp3) is 0.269. The smallest absolute Gasteiger partial charge is 0.379 e. The van der Waals surface area contributed by atoms with Crippen molar-refractivity contribution in [2.45, 2.75) is 12.2 Å². The van der Waals surface area contributed by atoms with Gasteiger partial charge in [0.25, 0.3) is 5.91 Å². The van der Waals surface area contributed by atoms with Crippen molar-refractivity contribution in [1.29, 1.82) is 0 Å². The summed E-state index contributed by atoms with van der Waals surface area (Å²) in [5.41, 5.74) is 0.121. The molecule has 1 atom stereocenters. The van der Waals surface area contributed by atoms with Crippen LogP contribution in [-0.2, 0) is 10.9 Å². The van der Waals surface area contributed by atoms with E-state index in [1.54, 1.807) is 18.2 Å². The van der Waals surface area contributed by atoms with Crippen LogP contribution in [-0.4, -0.2) is 58.2 Å². The zero-order valence-corrected chi connectivity index (χ0v) is 20.3. The standard InChI is InChI=1S/C26H23ClF3N5O2/c27-18-7-5-17(6-8-18)22(34-11-13-37-14-12-34)15-33-24(36)19-16-35(25-31-9-2-10-32-25)21-4-1-3-20(23(19)21)26(28,29)30/h1-10,16,22H,11-15H2,(H,33,36). The molecule has 0 bridgehead atoms. The molecule has 0 radical (unpaired) electrons. The minimum Gasteiger partial charge on any atom is -0.379 e. The molecular weight excluding hydrogens is 507 g/mol. The minimum atomic E-state index is -4.65. The van der Waals surface area contributed by atoms with E-state index in [-0.39, 0.29) is 35.0 Å². The molecule has 1 N–H and O–H groups in total. The first kappa shape index (κ1) is 25.2. The Morgan fingerprint density at radius 2 is 1.76 bits per heavy atom. The molecule has 1 amide bonds. The highest BCUT2D eigenvalue weighted by Gasteiger charge is 2.35. The Morgan fingerprint density at radius 1 is 1.05 bits per heavy atom. The Bertz CT molecular complexity index is 1390. The molecule has 4 aromatic rings. The van der Waals surface area contributed by atoms with Gasteiger partial charge >= 0.3 is 6.18 Å². The van der Waals surface area contributed by atoms with Crippen molar-refractivity contribution in [3.63, 3.8) is 0 Å². The number of rotatable bonds is 6. The van der Waals surface area contributed by atoms with E-state index in [0.717, 1.165) is 11.6 Å². The van der Waals surface area contributed by atoms with Crippen LogP contribution in [0.15, 0.2) is 67.1 Å². The Morgan fingerprint density at radius 3 is 2.43 bits per heavy atom. The lowest BCUT2D eigenvalue weighted by Crippen LogP contribution is -2.43. The van der Waals surface area contributed by atoms with Crippen LogP contribution in [0.25, 0.3) is 16.9 Å². The number of morpholine rings is 1. The van der Waals surface area contributed by atoms with E-state index in [0.29, 0.717) is 31.3 Å². The number of nitrogens with zero attached hydrogens (tertiary/aromatic N) is 4. The SMILES string of the molecule is O=C(NCC(c1ccc(Cl)cc1)N1CCOCC1)c1cn(-c2ncccn2)c2cccc(C(F)(F)F)c12. The summed E-state index contributed by atoms with van der Waals surface area (Å²) in [4.78, 5) is 23.9. The second kappa shape index (κ2) is 10.5. The van der Waals surface area contributed by atoms with E-state index in [4.69, 9.17) is 16.3 Å². The lowest BCUT2D eigenvalue weighted by molar-refractivity contribution is -0.136. The molecular formula is C26H23ClF3N5O2. The van der Waals surface area contributed by atoms with Crippen molar-refractivity contribution >= 4 is 28.4 Å². The molecule has 0 spiro atoms. The number of carbonyl (C=O) groups excluding carboxylic acids is 1. The van der Waals surface area contributed by atoms with E-state index >= 15 is 0 Å². The maximum atomic E-state index is 14.0. The maximum Gasteiger partial charge on any atom is 0.417 e. The molecule has 1 fully saturated rings. The average molecular weight is 530 g/mol. The third-order valence-electron chi connectivity index (χ3n) is 6.34. The molecule has 2 aromatic heterocycles. The van der Waals surface area contributed by atoms with E-state index in [2.05, 4.69) is 20.2 Å². The largest absolute Gasteiger partial charge is 0.417 e. The third kappa shape index (κ3) is 5.31. The molecule has 7 nitrogen and oxygen atoms in total. The lowest BCUT2D eigenvalue weighted by atomic mass is 10.0. The van der Waals surface area contributed by atoms with E-state index in [1.807, 2.05) is 12.1 Å². The predicted molar refractivity (Wildman–Crippen MR) is 133 cm³/mol. The molecule has 1 saturated heterocycles. The molecule has 3 heterocycles. The van der Waals surface area contributed by atoms with Crippen molar-refractivity contribution < 1.29 is 22.7 Å². The number of fused-ring (bicyclic) bond motifs is 1. The summed E-state index contributed by atoms with van der Waals surface area (Å²) in [6.45, 7) is 2.61. The monoisotopic (exact) mass is 529 g/mol. The fourth-order valence-corrected chi connectivity index (χ4v) is 4.72. The fourth-order valence-electron chi connectivity index (χ4n) is 4.59. The molecule has 2 aromatic carbocycles. The van der Waals surface area contributed by atoms with Gasteiger partial charge in [-0.3, -0.25) is 14.3 Å². The molecule has 1 aliphatic rings. The maximum absolute atomic E-state index is 14.0.